The van der Waals surface area contributed by atoms with Crippen molar-refractivity contribution in [2.75, 3.05) is 7.11 Å². The number of hydrogen-bond donors (Lipinski definition) is 2. The lowest BCUT2D eigenvalue weighted by Crippen LogP contribution is -2.29. The Bertz CT molecular complexity index is 607. The predicted octanol–water partition coefficient (Wildman–Crippen LogP) is 1.78. The Morgan fingerprint density at radius 1 is 1.35 bits per heavy atom. The van der Waals surface area contributed by atoms with Gasteiger partial charge in [0.2, 0.25) is 0 Å². The molecule has 0 bridgehead atoms. The summed E-state index contributed by atoms with van der Waals surface area (Å²) >= 11 is 0. The molecule has 0 radical (unpaired) electrons. The lowest BCUT2D eigenvalue weighted by Gasteiger charge is -2.06. The first kappa shape index (κ1) is 14.0. The molecule has 0 spiro atoms. The van der Waals surface area contributed by atoms with Crippen molar-refractivity contribution >= 4 is 5.91 Å². The third kappa shape index (κ3) is 3.10. The van der Waals surface area contributed by atoms with E-state index in [0.29, 0.717) is 18.1 Å². The first-order chi connectivity index (χ1) is 9.63. The number of amides is 1. The minimum Gasteiger partial charge on any atom is -0.497 e. The number of benzene rings is 1. The van der Waals surface area contributed by atoms with Gasteiger partial charge in [-0.15, -0.1) is 0 Å². The molecule has 0 unspecified atom stereocenters. The second kappa shape index (κ2) is 6.12. The van der Waals surface area contributed by atoms with E-state index in [1.54, 1.807) is 26.2 Å². The summed E-state index contributed by atoms with van der Waals surface area (Å²) in [6, 6.07) is 8.88. The van der Waals surface area contributed by atoms with Crippen molar-refractivity contribution in [3.8, 4) is 11.5 Å². The fraction of sp³-hybridized carbons (Fsp3) is 0.214. The molecule has 6 nitrogen and oxygen atoms in total. The van der Waals surface area contributed by atoms with Gasteiger partial charge in [-0.2, -0.15) is 0 Å². The zero-order valence-electron chi connectivity index (χ0n) is 11.3. The maximum atomic E-state index is 11.3. The Kier molecular flexibility index (Phi) is 4.27. The van der Waals surface area contributed by atoms with Crippen LogP contribution in [0.15, 0.2) is 34.7 Å². The van der Waals surface area contributed by atoms with Crippen molar-refractivity contribution < 1.29 is 18.7 Å². The third-order valence-electron chi connectivity index (χ3n) is 2.81. The van der Waals surface area contributed by atoms with Gasteiger partial charge in [-0.25, -0.2) is 5.84 Å². The second-order valence-corrected chi connectivity index (χ2v) is 4.13. The number of ether oxygens (including phenoxy) is 2. The summed E-state index contributed by atoms with van der Waals surface area (Å²) in [7, 11) is 1.59. The van der Waals surface area contributed by atoms with Crippen LogP contribution in [0.25, 0.3) is 0 Å². The molecule has 0 aliphatic heterocycles. The van der Waals surface area contributed by atoms with Crippen molar-refractivity contribution in [1.82, 2.24) is 5.43 Å². The molecule has 1 heterocycles. The molecule has 3 N–H and O–H groups in total. The van der Waals surface area contributed by atoms with Crippen LogP contribution in [0.1, 0.15) is 21.9 Å². The fourth-order valence-corrected chi connectivity index (χ4v) is 1.70. The Labute approximate surface area is 116 Å². The first-order valence-corrected chi connectivity index (χ1v) is 6.01. The SMILES string of the molecule is COc1cccc(OCc2cc(C(=O)NN)oc2C)c1. The Morgan fingerprint density at radius 2 is 2.10 bits per heavy atom. The molecule has 2 rings (SSSR count). The number of furan rings is 1. The summed E-state index contributed by atoms with van der Waals surface area (Å²) in [5.74, 6) is 6.76. The van der Waals surface area contributed by atoms with Crippen molar-refractivity contribution in [3.63, 3.8) is 0 Å². The van der Waals surface area contributed by atoms with Crippen LogP contribution in [-0.2, 0) is 6.61 Å². The molecule has 0 aliphatic carbocycles. The monoisotopic (exact) mass is 276 g/mol. The van der Waals surface area contributed by atoms with Crippen LogP contribution in [0.4, 0.5) is 0 Å². The number of carbonyl (C=O) groups is 1. The smallest absolute Gasteiger partial charge is 0.300 e. The molecule has 1 aromatic carbocycles. The number of hydrogen-bond acceptors (Lipinski definition) is 5. The van der Waals surface area contributed by atoms with Gasteiger partial charge in [-0.05, 0) is 25.1 Å². The number of carbonyl (C=O) groups excluding carboxylic acids is 1. The van der Waals surface area contributed by atoms with Gasteiger partial charge >= 0.3 is 5.91 Å². The quantitative estimate of drug-likeness (QED) is 0.494. The van der Waals surface area contributed by atoms with E-state index >= 15 is 0 Å². The Morgan fingerprint density at radius 3 is 2.80 bits per heavy atom. The molecule has 0 aliphatic rings. The highest BCUT2D eigenvalue weighted by molar-refractivity contribution is 5.91. The molecule has 1 aromatic heterocycles. The molecular formula is C14H16N2O4. The molecule has 20 heavy (non-hydrogen) atoms. The van der Waals surface area contributed by atoms with E-state index in [0.717, 1.165) is 11.3 Å². The molecule has 0 atom stereocenters. The topological polar surface area (TPSA) is 86.7 Å². The Hall–Kier alpha value is -2.47. The largest absolute Gasteiger partial charge is 0.497 e. The average Bonchev–Trinajstić information content (AvgIpc) is 2.85. The lowest BCUT2D eigenvalue weighted by atomic mass is 10.2. The van der Waals surface area contributed by atoms with E-state index in [4.69, 9.17) is 19.7 Å². The number of hydrazine groups is 1. The summed E-state index contributed by atoms with van der Waals surface area (Å²) in [5.41, 5.74) is 2.80. The number of nitrogen functional groups attached to an aromatic ring is 1. The van der Waals surface area contributed by atoms with Crippen molar-refractivity contribution in [2.24, 2.45) is 5.84 Å². The summed E-state index contributed by atoms with van der Waals surface area (Å²) in [4.78, 5) is 11.3. The summed E-state index contributed by atoms with van der Waals surface area (Å²) in [5, 5.41) is 0. The van der Waals surface area contributed by atoms with Gasteiger partial charge in [-0.1, -0.05) is 6.07 Å². The molecule has 0 saturated carbocycles. The number of nitrogens with one attached hydrogen (secondary N) is 1. The van der Waals surface area contributed by atoms with Gasteiger partial charge in [0, 0.05) is 11.6 Å². The molecule has 6 heteroatoms. The maximum Gasteiger partial charge on any atom is 0.300 e. The summed E-state index contributed by atoms with van der Waals surface area (Å²) in [6.07, 6.45) is 0. The van der Waals surface area contributed by atoms with Crippen molar-refractivity contribution in [3.05, 3.63) is 47.4 Å². The van der Waals surface area contributed by atoms with Crippen LogP contribution in [0.3, 0.4) is 0 Å². The first-order valence-electron chi connectivity index (χ1n) is 6.01. The van der Waals surface area contributed by atoms with Gasteiger partial charge < -0.3 is 13.9 Å². The summed E-state index contributed by atoms with van der Waals surface area (Å²) < 4.78 is 16.1. The van der Waals surface area contributed by atoms with E-state index in [9.17, 15) is 4.79 Å². The number of methoxy groups -OCH3 is 1. The maximum absolute atomic E-state index is 11.3. The second-order valence-electron chi connectivity index (χ2n) is 4.13. The predicted molar refractivity (Wildman–Crippen MR) is 72.4 cm³/mol. The number of rotatable bonds is 5. The Balaban J connectivity index is 2.06. The van der Waals surface area contributed by atoms with Crippen LogP contribution in [0.2, 0.25) is 0 Å². The van der Waals surface area contributed by atoms with Crippen LogP contribution in [-0.4, -0.2) is 13.0 Å². The van der Waals surface area contributed by atoms with Gasteiger partial charge in [0.25, 0.3) is 0 Å². The standard InChI is InChI=1S/C14H16N2O4/c1-9-10(6-13(20-9)14(17)16-15)8-19-12-5-3-4-11(7-12)18-2/h3-7H,8,15H2,1-2H3,(H,16,17). The highest BCUT2D eigenvalue weighted by Gasteiger charge is 2.13. The molecular weight excluding hydrogens is 260 g/mol. The van der Waals surface area contributed by atoms with Crippen LogP contribution < -0.4 is 20.7 Å². The zero-order valence-corrected chi connectivity index (χ0v) is 11.3. The van der Waals surface area contributed by atoms with Crippen LogP contribution in [0.5, 0.6) is 11.5 Å². The van der Waals surface area contributed by atoms with E-state index < -0.39 is 5.91 Å². The lowest BCUT2D eigenvalue weighted by molar-refractivity contribution is 0.0924. The number of nitrogens with two attached hydrogens (primary N) is 1. The summed E-state index contributed by atoms with van der Waals surface area (Å²) in [6.45, 7) is 2.05. The van der Waals surface area contributed by atoms with E-state index in [1.807, 2.05) is 23.6 Å². The highest BCUT2D eigenvalue weighted by Crippen LogP contribution is 2.21. The highest BCUT2D eigenvalue weighted by atomic mass is 16.5. The van der Waals surface area contributed by atoms with Crippen LogP contribution >= 0.6 is 0 Å². The molecule has 0 fully saturated rings. The minimum atomic E-state index is -0.472. The van der Waals surface area contributed by atoms with Gasteiger partial charge in [-0.3, -0.25) is 10.2 Å². The number of aryl methyl sites for hydroxylation is 1. The zero-order chi connectivity index (χ0) is 14.5. The van der Waals surface area contributed by atoms with E-state index in [-0.39, 0.29) is 5.76 Å². The van der Waals surface area contributed by atoms with E-state index in [1.165, 1.54) is 0 Å². The van der Waals surface area contributed by atoms with Gasteiger partial charge in [0.1, 0.15) is 23.9 Å². The molecule has 0 saturated heterocycles. The van der Waals surface area contributed by atoms with Crippen molar-refractivity contribution in [1.29, 1.82) is 0 Å². The van der Waals surface area contributed by atoms with Gasteiger partial charge in [0.05, 0.1) is 7.11 Å². The molecule has 2 aromatic rings. The molecule has 1 amide bonds. The van der Waals surface area contributed by atoms with Crippen LogP contribution in [0, 0.1) is 6.92 Å². The minimum absolute atomic E-state index is 0.161. The normalized spacial score (nSPS) is 10.2. The fourth-order valence-electron chi connectivity index (χ4n) is 1.70. The van der Waals surface area contributed by atoms with Gasteiger partial charge in [0.15, 0.2) is 5.76 Å². The third-order valence-corrected chi connectivity index (χ3v) is 2.81. The van der Waals surface area contributed by atoms with Crippen molar-refractivity contribution in [2.45, 2.75) is 13.5 Å². The average molecular weight is 276 g/mol. The molecule has 106 valence electrons. The van der Waals surface area contributed by atoms with E-state index in [2.05, 4.69) is 0 Å².